The van der Waals surface area contributed by atoms with E-state index in [9.17, 15) is 19.5 Å². The van der Waals surface area contributed by atoms with E-state index in [-0.39, 0.29) is 49.1 Å². The van der Waals surface area contributed by atoms with Gasteiger partial charge in [0.25, 0.3) is 0 Å². The lowest BCUT2D eigenvalue weighted by atomic mass is 10.0. The standard InChI is InChI=1S/C54H99NO7/c1-6-8-10-12-14-16-18-20-22-24-25-26-27-29-30-32-34-36-38-40-42-44-52(56)61-49-50(48-60-47-46-51(54(58)59)55(3,4)5)62-53(57)45-43-41-39-37-35-33-31-28-23-21-19-17-15-13-11-9-7-2/h21,23,31,33,37,39,50-51H,6-20,22,24-30,32,34-36,38,40-49H2,1-5H3/b23-21+,33-31+,39-37+. The number of carboxylic acid groups (broad SMARTS) is 1. The Morgan fingerprint density at radius 3 is 1.31 bits per heavy atom. The number of allylic oxidation sites excluding steroid dienone is 6. The largest absolute Gasteiger partial charge is 0.544 e. The predicted molar refractivity (Wildman–Crippen MR) is 259 cm³/mol. The van der Waals surface area contributed by atoms with E-state index in [2.05, 4.69) is 50.3 Å². The van der Waals surface area contributed by atoms with Gasteiger partial charge >= 0.3 is 11.9 Å². The molecule has 0 aromatic heterocycles. The first kappa shape index (κ1) is 59.5. The molecule has 0 aliphatic carbocycles. The fraction of sp³-hybridized carbons (Fsp3) is 0.833. The van der Waals surface area contributed by atoms with Crippen molar-refractivity contribution in [3.8, 4) is 0 Å². The second-order valence-electron chi connectivity index (χ2n) is 18.8. The lowest BCUT2D eigenvalue weighted by molar-refractivity contribution is -0.889. The molecule has 0 aliphatic rings. The number of hydrogen-bond acceptors (Lipinski definition) is 7. The SMILES string of the molecule is CCCCCCCC/C=C/C/C=C/C/C=C/CCCC(=O)OC(COCCC(C(=O)[O-])[N+](C)(C)C)COC(=O)CCCCCCCCCCCCCCCCCCCCCCC. The van der Waals surface area contributed by atoms with Crippen LogP contribution < -0.4 is 5.11 Å². The van der Waals surface area contributed by atoms with Crippen molar-refractivity contribution < 1.29 is 38.2 Å². The minimum atomic E-state index is -1.13. The first-order chi connectivity index (χ1) is 30.1. The number of ether oxygens (including phenoxy) is 3. The summed E-state index contributed by atoms with van der Waals surface area (Å²) < 4.78 is 17.2. The maximum Gasteiger partial charge on any atom is 0.306 e. The third kappa shape index (κ3) is 42.8. The van der Waals surface area contributed by atoms with Crippen molar-refractivity contribution in [2.45, 2.75) is 251 Å². The number of rotatable bonds is 47. The van der Waals surface area contributed by atoms with Crippen LogP contribution in [0, 0.1) is 0 Å². The van der Waals surface area contributed by atoms with Gasteiger partial charge in [-0.25, -0.2) is 0 Å². The number of carbonyl (C=O) groups excluding carboxylic acids is 3. The number of esters is 2. The van der Waals surface area contributed by atoms with Gasteiger partial charge in [-0.1, -0.05) is 211 Å². The lowest BCUT2D eigenvalue weighted by Gasteiger charge is -2.34. The van der Waals surface area contributed by atoms with Gasteiger partial charge in [0.1, 0.15) is 12.6 Å². The van der Waals surface area contributed by atoms with E-state index in [1.54, 1.807) is 21.1 Å². The van der Waals surface area contributed by atoms with Crippen molar-refractivity contribution in [3.05, 3.63) is 36.5 Å². The van der Waals surface area contributed by atoms with Gasteiger partial charge in [-0.3, -0.25) is 9.59 Å². The second-order valence-corrected chi connectivity index (χ2v) is 18.8. The topological polar surface area (TPSA) is 102 Å². The van der Waals surface area contributed by atoms with Crippen LogP contribution in [0.3, 0.4) is 0 Å². The molecule has 0 spiro atoms. The van der Waals surface area contributed by atoms with Crippen LogP contribution in [-0.2, 0) is 28.6 Å². The molecule has 0 aliphatic heterocycles. The molecule has 0 aromatic carbocycles. The Labute approximate surface area is 383 Å². The maximum atomic E-state index is 12.7. The van der Waals surface area contributed by atoms with Gasteiger partial charge in [-0.15, -0.1) is 0 Å². The molecule has 0 fully saturated rings. The van der Waals surface area contributed by atoms with Crippen LogP contribution in [0.2, 0.25) is 0 Å². The Balaban J connectivity index is 4.26. The highest BCUT2D eigenvalue weighted by molar-refractivity contribution is 5.70. The van der Waals surface area contributed by atoms with Crippen molar-refractivity contribution in [1.82, 2.24) is 0 Å². The zero-order valence-electron chi connectivity index (χ0n) is 41.3. The Bertz CT molecular complexity index is 1110. The number of aliphatic carboxylic acids is 1. The molecule has 0 bridgehead atoms. The molecule has 62 heavy (non-hydrogen) atoms. The van der Waals surface area contributed by atoms with Crippen molar-refractivity contribution >= 4 is 17.9 Å². The number of unbranched alkanes of at least 4 members (excludes halogenated alkanes) is 27. The van der Waals surface area contributed by atoms with Crippen LogP contribution in [-0.4, -0.2) is 75.5 Å². The summed E-state index contributed by atoms with van der Waals surface area (Å²) in [6.07, 6.45) is 53.3. The van der Waals surface area contributed by atoms with Gasteiger partial charge in [0.05, 0.1) is 40.3 Å². The summed E-state index contributed by atoms with van der Waals surface area (Å²) in [7, 11) is 5.40. The molecular formula is C54H99NO7. The molecule has 8 heteroatoms. The highest BCUT2D eigenvalue weighted by Gasteiger charge is 2.25. The number of nitrogens with zero attached hydrogens (tertiary/aromatic N) is 1. The molecule has 0 saturated carbocycles. The summed E-state index contributed by atoms with van der Waals surface area (Å²) in [6.45, 7) is 4.64. The molecular weight excluding hydrogens is 775 g/mol. The second kappa shape index (κ2) is 45.1. The fourth-order valence-corrected chi connectivity index (χ4v) is 7.74. The third-order valence-corrected chi connectivity index (χ3v) is 11.8. The molecule has 0 aromatic rings. The summed E-state index contributed by atoms with van der Waals surface area (Å²) >= 11 is 0. The third-order valence-electron chi connectivity index (χ3n) is 11.8. The zero-order chi connectivity index (χ0) is 45.6. The molecule has 0 amide bonds. The monoisotopic (exact) mass is 874 g/mol. The van der Waals surface area contributed by atoms with Gasteiger partial charge in [-0.05, 0) is 44.9 Å². The minimum Gasteiger partial charge on any atom is -0.544 e. The number of hydrogen-bond donors (Lipinski definition) is 0. The van der Waals surface area contributed by atoms with Crippen molar-refractivity contribution in [2.24, 2.45) is 0 Å². The highest BCUT2D eigenvalue weighted by Crippen LogP contribution is 2.16. The highest BCUT2D eigenvalue weighted by atomic mass is 16.6. The molecule has 8 nitrogen and oxygen atoms in total. The zero-order valence-corrected chi connectivity index (χ0v) is 41.3. The van der Waals surface area contributed by atoms with E-state index in [1.165, 1.54) is 161 Å². The quantitative estimate of drug-likeness (QED) is 0.0260. The summed E-state index contributed by atoms with van der Waals surface area (Å²) in [5, 5.41) is 11.7. The summed E-state index contributed by atoms with van der Waals surface area (Å²) in [5.41, 5.74) is 0. The van der Waals surface area contributed by atoms with E-state index >= 15 is 0 Å². The average Bonchev–Trinajstić information content (AvgIpc) is 3.23. The van der Waals surface area contributed by atoms with Gasteiger partial charge in [0.15, 0.2) is 6.10 Å². The summed E-state index contributed by atoms with van der Waals surface area (Å²) in [5.74, 6) is -1.79. The number of likely N-dealkylation sites (N-methyl/N-ethyl adjacent to an activating group) is 1. The van der Waals surface area contributed by atoms with Crippen LogP contribution >= 0.6 is 0 Å². The van der Waals surface area contributed by atoms with Crippen molar-refractivity contribution in [3.63, 3.8) is 0 Å². The maximum absolute atomic E-state index is 12.7. The van der Waals surface area contributed by atoms with Crippen LogP contribution in [0.5, 0.6) is 0 Å². The number of quaternary nitrogens is 1. The van der Waals surface area contributed by atoms with E-state index in [4.69, 9.17) is 14.2 Å². The van der Waals surface area contributed by atoms with Crippen LogP contribution in [0.1, 0.15) is 239 Å². The van der Waals surface area contributed by atoms with Gasteiger partial charge in [-0.2, -0.15) is 0 Å². The molecule has 0 N–H and O–H groups in total. The van der Waals surface area contributed by atoms with E-state index in [0.717, 1.165) is 38.5 Å². The smallest absolute Gasteiger partial charge is 0.306 e. The molecule has 2 atom stereocenters. The normalized spacial score (nSPS) is 13.1. The molecule has 0 rings (SSSR count). The Morgan fingerprint density at radius 1 is 0.484 bits per heavy atom. The molecule has 0 heterocycles. The van der Waals surface area contributed by atoms with Crippen molar-refractivity contribution in [1.29, 1.82) is 0 Å². The lowest BCUT2D eigenvalue weighted by Crippen LogP contribution is -2.55. The first-order valence-electron chi connectivity index (χ1n) is 26.0. The number of carboxylic acids is 1. The first-order valence-corrected chi connectivity index (χ1v) is 26.0. The van der Waals surface area contributed by atoms with Gasteiger partial charge < -0.3 is 28.6 Å². The van der Waals surface area contributed by atoms with Crippen LogP contribution in [0.25, 0.3) is 0 Å². The van der Waals surface area contributed by atoms with Gasteiger partial charge in [0, 0.05) is 19.3 Å². The molecule has 2 unspecified atom stereocenters. The minimum absolute atomic E-state index is 0.0236. The van der Waals surface area contributed by atoms with Crippen LogP contribution in [0.15, 0.2) is 36.5 Å². The molecule has 362 valence electrons. The van der Waals surface area contributed by atoms with E-state index in [1.807, 2.05) is 0 Å². The summed E-state index contributed by atoms with van der Waals surface area (Å²) in [4.78, 5) is 37.0. The van der Waals surface area contributed by atoms with Crippen LogP contribution in [0.4, 0.5) is 0 Å². The van der Waals surface area contributed by atoms with Crippen molar-refractivity contribution in [2.75, 3.05) is 41.0 Å². The molecule has 0 saturated heterocycles. The Kier molecular flexibility index (Phi) is 43.3. The van der Waals surface area contributed by atoms with E-state index in [0.29, 0.717) is 12.8 Å². The average molecular weight is 874 g/mol. The molecule has 0 radical (unpaired) electrons. The van der Waals surface area contributed by atoms with Gasteiger partial charge in [0.2, 0.25) is 0 Å². The fourth-order valence-electron chi connectivity index (χ4n) is 7.74. The number of carbonyl (C=O) groups is 3. The Hall–Kier alpha value is -2.45. The Morgan fingerprint density at radius 2 is 0.871 bits per heavy atom. The van der Waals surface area contributed by atoms with E-state index < -0.39 is 18.1 Å². The predicted octanol–water partition coefficient (Wildman–Crippen LogP) is 13.6. The summed E-state index contributed by atoms with van der Waals surface area (Å²) in [6, 6.07) is -0.733.